The van der Waals surface area contributed by atoms with Gasteiger partial charge in [-0.2, -0.15) is 0 Å². The highest BCUT2D eigenvalue weighted by Gasteiger charge is 2.68. The van der Waals surface area contributed by atoms with Crippen molar-refractivity contribution in [3.8, 4) is 0 Å². The normalized spacial score (nSPS) is 55.8. The van der Waals surface area contributed by atoms with E-state index in [0.717, 1.165) is 38.5 Å². The molecule has 4 saturated carbocycles. The Bertz CT molecular complexity index is 861. The second-order valence-electron chi connectivity index (χ2n) is 15.1. The summed E-state index contributed by atoms with van der Waals surface area (Å²) in [6.45, 7) is 17.0. The number of fused-ring (bicyclic) bond motifs is 6. The van der Waals surface area contributed by atoms with Crippen LogP contribution in [0.2, 0.25) is 0 Å². The summed E-state index contributed by atoms with van der Waals surface area (Å²) in [6.07, 6.45) is 10.3. The standard InChI is InChI=1S/C30H50O3/c1-25(2)16-20-19-8-9-22-27(4)12-11-23(32)28(5,18-31)21(27)10-13-30(22,7)29(19,6)15-14-26(20,3)24(33)17-25/h21-24,31-33H,8-18H2,1-7H3/t21-,22-,23+,24-,26-,27+,28-,29-,30-/m1/s1. The molecule has 3 nitrogen and oxygen atoms in total. The fourth-order valence-electron chi connectivity index (χ4n) is 10.7. The molecule has 0 radical (unpaired) electrons. The van der Waals surface area contributed by atoms with Gasteiger partial charge in [-0.1, -0.05) is 59.6 Å². The van der Waals surface area contributed by atoms with Crippen molar-refractivity contribution in [2.75, 3.05) is 6.61 Å². The second kappa shape index (κ2) is 7.10. The van der Waals surface area contributed by atoms with Crippen LogP contribution in [0.25, 0.3) is 0 Å². The largest absolute Gasteiger partial charge is 0.396 e. The molecule has 0 unspecified atom stereocenters. The van der Waals surface area contributed by atoms with Crippen molar-refractivity contribution in [3.05, 3.63) is 11.1 Å². The van der Waals surface area contributed by atoms with E-state index in [1.54, 1.807) is 11.1 Å². The van der Waals surface area contributed by atoms with Gasteiger partial charge in [-0.25, -0.2) is 0 Å². The Labute approximate surface area is 202 Å². The first-order chi connectivity index (χ1) is 15.2. The van der Waals surface area contributed by atoms with E-state index >= 15 is 0 Å². The maximum Gasteiger partial charge on any atom is 0.0636 e. The van der Waals surface area contributed by atoms with E-state index in [1.807, 2.05) is 0 Å². The third-order valence-corrected chi connectivity index (χ3v) is 13.1. The SMILES string of the molecule is CC1(C)CC2=C3CC[C@@H]4[C@@]5(C)CC[C@H](O)[C@](C)(CO)[C@@H]5CC[C@@]4(C)[C@]3(C)CC[C@@]2(C)[C@H](O)C1. The van der Waals surface area contributed by atoms with Crippen LogP contribution >= 0.6 is 0 Å². The molecule has 0 aromatic heterocycles. The van der Waals surface area contributed by atoms with Gasteiger partial charge in [0.05, 0.1) is 18.8 Å². The molecule has 0 spiro atoms. The summed E-state index contributed by atoms with van der Waals surface area (Å²) in [7, 11) is 0. The summed E-state index contributed by atoms with van der Waals surface area (Å²) < 4.78 is 0. The van der Waals surface area contributed by atoms with Gasteiger partial charge in [0, 0.05) is 10.8 Å². The smallest absolute Gasteiger partial charge is 0.0636 e. The Kier molecular flexibility index (Phi) is 5.23. The molecule has 9 atom stereocenters. The number of aliphatic hydroxyl groups excluding tert-OH is 3. The van der Waals surface area contributed by atoms with Gasteiger partial charge in [0.25, 0.3) is 0 Å². The maximum atomic E-state index is 11.3. The molecule has 5 aliphatic carbocycles. The minimum Gasteiger partial charge on any atom is -0.396 e. The van der Waals surface area contributed by atoms with Gasteiger partial charge in [-0.05, 0) is 97.7 Å². The van der Waals surface area contributed by atoms with Crippen LogP contribution in [-0.4, -0.2) is 34.1 Å². The Morgan fingerprint density at radius 2 is 1.45 bits per heavy atom. The van der Waals surface area contributed by atoms with Crippen molar-refractivity contribution in [3.63, 3.8) is 0 Å². The number of hydrogen-bond donors (Lipinski definition) is 3. The van der Waals surface area contributed by atoms with E-state index in [0.29, 0.717) is 11.8 Å². The van der Waals surface area contributed by atoms with Crippen LogP contribution in [0.5, 0.6) is 0 Å². The Balaban J connectivity index is 1.60. The topological polar surface area (TPSA) is 60.7 Å². The van der Waals surface area contributed by atoms with Crippen molar-refractivity contribution < 1.29 is 15.3 Å². The van der Waals surface area contributed by atoms with E-state index in [1.165, 1.54) is 25.7 Å². The second-order valence-corrected chi connectivity index (χ2v) is 15.1. The molecule has 188 valence electrons. The molecule has 0 aliphatic heterocycles. The third-order valence-electron chi connectivity index (χ3n) is 13.1. The lowest BCUT2D eigenvalue weighted by atomic mass is 9.34. The van der Waals surface area contributed by atoms with Gasteiger partial charge >= 0.3 is 0 Å². The highest BCUT2D eigenvalue weighted by Crippen LogP contribution is 2.75. The van der Waals surface area contributed by atoms with E-state index in [4.69, 9.17) is 0 Å². The van der Waals surface area contributed by atoms with Gasteiger partial charge in [0.2, 0.25) is 0 Å². The highest BCUT2D eigenvalue weighted by atomic mass is 16.3. The number of allylic oxidation sites excluding steroid dienone is 1. The van der Waals surface area contributed by atoms with E-state index in [9.17, 15) is 15.3 Å². The third kappa shape index (κ3) is 2.91. The maximum absolute atomic E-state index is 11.3. The summed E-state index contributed by atoms with van der Waals surface area (Å²) >= 11 is 0. The molecule has 0 bridgehead atoms. The van der Waals surface area contributed by atoms with Crippen molar-refractivity contribution >= 4 is 0 Å². The Hall–Kier alpha value is -0.380. The van der Waals surface area contributed by atoms with Crippen molar-refractivity contribution in [2.24, 2.45) is 44.3 Å². The van der Waals surface area contributed by atoms with Crippen LogP contribution in [0.1, 0.15) is 113 Å². The van der Waals surface area contributed by atoms with Crippen molar-refractivity contribution in [1.29, 1.82) is 0 Å². The minimum absolute atomic E-state index is 0.0426. The average molecular weight is 459 g/mol. The van der Waals surface area contributed by atoms with Crippen LogP contribution in [0.3, 0.4) is 0 Å². The lowest BCUT2D eigenvalue weighted by molar-refractivity contribution is -0.217. The molecule has 0 heterocycles. The lowest BCUT2D eigenvalue weighted by Crippen LogP contribution is -2.65. The van der Waals surface area contributed by atoms with Gasteiger partial charge in [0.15, 0.2) is 0 Å². The molecule has 0 aromatic carbocycles. The van der Waals surface area contributed by atoms with Crippen LogP contribution in [-0.2, 0) is 0 Å². The number of aliphatic hydroxyl groups is 3. The van der Waals surface area contributed by atoms with Crippen LogP contribution < -0.4 is 0 Å². The zero-order valence-electron chi connectivity index (χ0n) is 22.4. The fraction of sp³-hybridized carbons (Fsp3) is 0.933. The van der Waals surface area contributed by atoms with Gasteiger partial charge < -0.3 is 15.3 Å². The Morgan fingerprint density at radius 3 is 2.12 bits per heavy atom. The Morgan fingerprint density at radius 1 is 0.758 bits per heavy atom. The van der Waals surface area contributed by atoms with E-state index in [-0.39, 0.29) is 51.3 Å². The number of rotatable bonds is 1. The summed E-state index contributed by atoms with van der Waals surface area (Å²) in [5, 5.41) is 32.6. The summed E-state index contributed by atoms with van der Waals surface area (Å²) in [5.41, 5.74) is 3.69. The van der Waals surface area contributed by atoms with Crippen molar-refractivity contribution in [2.45, 2.75) is 125 Å². The monoisotopic (exact) mass is 458 g/mol. The first-order valence-corrected chi connectivity index (χ1v) is 13.9. The van der Waals surface area contributed by atoms with E-state index in [2.05, 4.69) is 48.5 Å². The molecular weight excluding hydrogens is 408 g/mol. The highest BCUT2D eigenvalue weighted by molar-refractivity contribution is 5.39. The zero-order chi connectivity index (χ0) is 24.2. The molecular formula is C30H50O3. The molecule has 3 N–H and O–H groups in total. The van der Waals surface area contributed by atoms with Crippen LogP contribution in [0.4, 0.5) is 0 Å². The predicted molar refractivity (Wildman–Crippen MR) is 134 cm³/mol. The number of hydrogen-bond acceptors (Lipinski definition) is 3. The molecule has 5 rings (SSSR count). The molecule has 33 heavy (non-hydrogen) atoms. The minimum atomic E-state index is -0.386. The van der Waals surface area contributed by atoms with Crippen molar-refractivity contribution in [1.82, 2.24) is 0 Å². The lowest BCUT2D eigenvalue weighted by Gasteiger charge is -2.71. The summed E-state index contributed by atoms with van der Waals surface area (Å²) in [4.78, 5) is 0. The molecule has 4 fully saturated rings. The molecule has 3 heteroatoms. The first kappa shape index (κ1) is 24.3. The first-order valence-electron chi connectivity index (χ1n) is 13.9. The van der Waals surface area contributed by atoms with Gasteiger partial charge in [-0.15, -0.1) is 0 Å². The van der Waals surface area contributed by atoms with Gasteiger partial charge in [0.1, 0.15) is 0 Å². The molecule has 0 saturated heterocycles. The van der Waals surface area contributed by atoms with Crippen LogP contribution in [0.15, 0.2) is 11.1 Å². The van der Waals surface area contributed by atoms with Crippen LogP contribution in [0, 0.1) is 44.3 Å². The molecule has 0 aromatic rings. The fourth-order valence-corrected chi connectivity index (χ4v) is 10.7. The molecule has 0 amide bonds. The van der Waals surface area contributed by atoms with Gasteiger partial charge in [-0.3, -0.25) is 0 Å². The quantitative estimate of drug-likeness (QED) is 0.407. The predicted octanol–water partition coefficient (Wildman–Crippen LogP) is 6.26. The molecule has 5 aliphatic rings. The average Bonchev–Trinajstić information content (AvgIpc) is 2.73. The summed E-state index contributed by atoms with van der Waals surface area (Å²) in [5.74, 6) is 1.02. The van der Waals surface area contributed by atoms with E-state index < -0.39 is 0 Å². The zero-order valence-corrected chi connectivity index (χ0v) is 22.4. The summed E-state index contributed by atoms with van der Waals surface area (Å²) in [6, 6.07) is 0.